The maximum atomic E-state index is 6.36. The second-order valence-electron chi connectivity index (χ2n) is 5.37. The minimum atomic E-state index is 0.674. The molecular weight excluding hydrogens is 274 g/mol. The summed E-state index contributed by atoms with van der Waals surface area (Å²) in [7, 11) is 2.06. The lowest BCUT2D eigenvalue weighted by molar-refractivity contribution is 0.0685. The smallest absolute Gasteiger partial charge is 0.147 e. The molecule has 1 aromatic rings. The molecule has 0 spiro atoms. The van der Waals surface area contributed by atoms with Crippen LogP contribution >= 0.6 is 11.6 Å². The summed E-state index contributed by atoms with van der Waals surface area (Å²) in [5.41, 5.74) is 1.13. The SMILES string of the molecule is CCNCc1cnc(N(C)CC2CCOCC2)c(Cl)c1. The molecule has 20 heavy (non-hydrogen) atoms. The lowest BCUT2D eigenvalue weighted by atomic mass is 10.00. The molecule has 0 aliphatic carbocycles. The van der Waals surface area contributed by atoms with Gasteiger partial charge in [0, 0.05) is 39.5 Å². The van der Waals surface area contributed by atoms with Gasteiger partial charge < -0.3 is 15.0 Å². The van der Waals surface area contributed by atoms with E-state index in [1.54, 1.807) is 0 Å². The standard InChI is InChI=1S/C15H24ClN3O/c1-3-17-9-13-8-14(16)15(18-10-13)19(2)11-12-4-6-20-7-5-12/h8,10,12,17H,3-7,9,11H2,1-2H3. The maximum Gasteiger partial charge on any atom is 0.147 e. The van der Waals surface area contributed by atoms with E-state index >= 15 is 0 Å². The highest BCUT2D eigenvalue weighted by atomic mass is 35.5. The van der Waals surface area contributed by atoms with Gasteiger partial charge in [-0.05, 0) is 36.9 Å². The van der Waals surface area contributed by atoms with Crippen LogP contribution in [0.1, 0.15) is 25.3 Å². The van der Waals surface area contributed by atoms with Crippen molar-refractivity contribution in [1.29, 1.82) is 0 Å². The van der Waals surface area contributed by atoms with Crippen molar-refractivity contribution in [2.75, 3.05) is 38.3 Å². The van der Waals surface area contributed by atoms with E-state index in [2.05, 4.69) is 29.2 Å². The van der Waals surface area contributed by atoms with Crippen LogP contribution in [0, 0.1) is 5.92 Å². The Kier molecular flexibility index (Phi) is 6.07. The second-order valence-corrected chi connectivity index (χ2v) is 5.77. The second kappa shape index (κ2) is 7.81. The van der Waals surface area contributed by atoms with Crippen molar-refractivity contribution in [2.45, 2.75) is 26.3 Å². The van der Waals surface area contributed by atoms with E-state index < -0.39 is 0 Å². The summed E-state index contributed by atoms with van der Waals surface area (Å²) in [4.78, 5) is 6.68. The average Bonchev–Trinajstić information content (AvgIpc) is 2.46. The molecule has 0 amide bonds. The van der Waals surface area contributed by atoms with Gasteiger partial charge in [-0.15, -0.1) is 0 Å². The van der Waals surface area contributed by atoms with Crippen LogP contribution in [0.4, 0.5) is 5.82 Å². The van der Waals surface area contributed by atoms with Gasteiger partial charge in [0.2, 0.25) is 0 Å². The molecule has 1 aliphatic rings. The zero-order chi connectivity index (χ0) is 14.4. The fourth-order valence-electron chi connectivity index (χ4n) is 2.52. The molecule has 1 fully saturated rings. The highest BCUT2D eigenvalue weighted by Crippen LogP contribution is 2.25. The van der Waals surface area contributed by atoms with E-state index in [1.807, 2.05) is 12.3 Å². The number of aromatic nitrogens is 1. The first kappa shape index (κ1) is 15.5. The van der Waals surface area contributed by atoms with Gasteiger partial charge in [-0.3, -0.25) is 0 Å². The molecule has 2 heterocycles. The molecule has 112 valence electrons. The van der Waals surface area contributed by atoms with E-state index in [4.69, 9.17) is 16.3 Å². The van der Waals surface area contributed by atoms with Gasteiger partial charge in [0.1, 0.15) is 5.82 Å². The molecule has 0 atom stereocenters. The molecular formula is C15H24ClN3O. The zero-order valence-electron chi connectivity index (χ0n) is 12.4. The predicted molar refractivity (Wildman–Crippen MR) is 83.4 cm³/mol. The first-order valence-corrected chi connectivity index (χ1v) is 7.72. The molecule has 0 radical (unpaired) electrons. The number of nitrogens with one attached hydrogen (secondary N) is 1. The Morgan fingerprint density at radius 1 is 1.45 bits per heavy atom. The third-order valence-electron chi connectivity index (χ3n) is 3.69. The molecule has 1 N–H and O–H groups in total. The predicted octanol–water partition coefficient (Wildman–Crippen LogP) is 2.71. The summed E-state index contributed by atoms with van der Waals surface area (Å²) in [6.45, 7) is 6.59. The molecule has 0 saturated carbocycles. The number of hydrogen-bond donors (Lipinski definition) is 1. The fraction of sp³-hybridized carbons (Fsp3) is 0.667. The van der Waals surface area contributed by atoms with Crippen molar-refractivity contribution in [3.8, 4) is 0 Å². The van der Waals surface area contributed by atoms with Gasteiger partial charge in [0.15, 0.2) is 0 Å². The largest absolute Gasteiger partial charge is 0.381 e. The summed E-state index contributed by atoms with van der Waals surface area (Å²) < 4.78 is 5.40. The molecule has 1 saturated heterocycles. The summed E-state index contributed by atoms with van der Waals surface area (Å²) in [6, 6.07) is 2.01. The Labute approximate surface area is 126 Å². The number of rotatable bonds is 6. The van der Waals surface area contributed by atoms with Crippen molar-refractivity contribution < 1.29 is 4.74 Å². The van der Waals surface area contributed by atoms with Crippen LogP contribution in [0.5, 0.6) is 0 Å². The van der Waals surface area contributed by atoms with Gasteiger partial charge in [0.25, 0.3) is 0 Å². The molecule has 0 aromatic carbocycles. The van der Waals surface area contributed by atoms with Crippen LogP contribution in [-0.4, -0.2) is 38.3 Å². The lowest BCUT2D eigenvalue weighted by Crippen LogP contribution is -2.30. The van der Waals surface area contributed by atoms with Gasteiger partial charge in [0.05, 0.1) is 5.02 Å². The maximum absolute atomic E-state index is 6.36. The summed E-state index contributed by atoms with van der Waals surface area (Å²) in [6.07, 6.45) is 4.16. The number of nitrogens with zero attached hydrogens (tertiary/aromatic N) is 2. The molecule has 1 aromatic heterocycles. The highest BCUT2D eigenvalue weighted by molar-refractivity contribution is 6.33. The highest BCUT2D eigenvalue weighted by Gasteiger charge is 2.18. The van der Waals surface area contributed by atoms with Crippen molar-refractivity contribution in [2.24, 2.45) is 5.92 Å². The molecule has 1 aliphatic heterocycles. The fourth-order valence-corrected chi connectivity index (χ4v) is 2.85. The Morgan fingerprint density at radius 2 is 2.20 bits per heavy atom. The zero-order valence-corrected chi connectivity index (χ0v) is 13.1. The van der Waals surface area contributed by atoms with Crippen LogP contribution < -0.4 is 10.2 Å². The van der Waals surface area contributed by atoms with Crippen LogP contribution in [0.15, 0.2) is 12.3 Å². The van der Waals surface area contributed by atoms with Gasteiger partial charge in [-0.25, -0.2) is 4.98 Å². The first-order valence-electron chi connectivity index (χ1n) is 7.34. The van der Waals surface area contributed by atoms with Crippen LogP contribution in [0.2, 0.25) is 5.02 Å². The van der Waals surface area contributed by atoms with E-state index in [-0.39, 0.29) is 0 Å². The number of anilines is 1. The average molecular weight is 298 g/mol. The number of hydrogen-bond acceptors (Lipinski definition) is 4. The molecule has 4 nitrogen and oxygen atoms in total. The molecule has 0 bridgehead atoms. The molecule has 0 unspecified atom stereocenters. The van der Waals surface area contributed by atoms with Gasteiger partial charge in [-0.2, -0.15) is 0 Å². The minimum absolute atomic E-state index is 0.674. The quantitative estimate of drug-likeness (QED) is 0.876. The van der Waals surface area contributed by atoms with E-state index in [0.717, 1.165) is 62.1 Å². The van der Waals surface area contributed by atoms with E-state index in [0.29, 0.717) is 5.92 Å². The Hall–Kier alpha value is -0.840. The number of ether oxygens (including phenoxy) is 1. The number of halogens is 1. The van der Waals surface area contributed by atoms with Gasteiger partial charge >= 0.3 is 0 Å². The normalized spacial score (nSPS) is 16.4. The van der Waals surface area contributed by atoms with Crippen molar-refractivity contribution >= 4 is 17.4 Å². The van der Waals surface area contributed by atoms with Crippen LogP contribution in [-0.2, 0) is 11.3 Å². The minimum Gasteiger partial charge on any atom is -0.381 e. The van der Waals surface area contributed by atoms with Crippen molar-refractivity contribution in [3.63, 3.8) is 0 Å². The van der Waals surface area contributed by atoms with Crippen molar-refractivity contribution in [1.82, 2.24) is 10.3 Å². The molecule has 2 rings (SSSR count). The summed E-state index contributed by atoms with van der Waals surface area (Å²) in [5.74, 6) is 1.55. The summed E-state index contributed by atoms with van der Waals surface area (Å²) >= 11 is 6.36. The third-order valence-corrected chi connectivity index (χ3v) is 3.97. The molecule has 5 heteroatoms. The van der Waals surface area contributed by atoms with E-state index in [9.17, 15) is 0 Å². The van der Waals surface area contributed by atoms with Crippen molar-refractivity contribution in [3.05, 3.63) is 22.8 Å². The monoisotopic (exact) mass is 297 g/mol. The Morgan fingerprint density at radius 3 is 2.85 bits per heavy atom. The topological polar surface area (TPSA) is 37.4 Å². The van der Waals surface area contributed by atoms with Crippen LogP contribution in [0.3, 0.4) is 0 Å². The van der Waals surface area contributed by atoms with Crippen LogP contribution in [0.25, 0.3) is 0 Å². The lowest BCUT2D eigenvalue weighted by Gasteiger charge is -2.28. The number of pyridine rings is 1. The first-order chi connectivity index (χ1) is 9.70. The van der Waals surface area contributed by atoms with E-state index in [1.165, 1.54) is 0 Å². The Bertz CT molecular complexity index is 422. The summed E-state index contributed by atoms with van der Waals surface area (Å²) in [5, 5.41) is 4.01. The Balaban J connectivity index is 1.96. The van der Waals surface area contributed by atoms with Gasteiger partial charge in [-0.1, -0.05) is 18.5 Å². The third kappa shape index (κ3) is 4.33.